The molecule has 0 aliphatic carbocycles. The van der Waals surface area contributed by atoms with Crippen molar-refractivity contribution >= 4 is 35.0 Å². The molecule has 0 radical (unpaired) electrons. The average molecular weight is 401 g/mol. The summed E-state index contributed by atoms with van der Waals surface area (Å²) in [5.41, 5.74) is 0. The lowest BCUT2D eigenvalue weighted by Gasteiger charge is -2.36. The highest BCUT2D eigenvalue weighted by Crippen LogP contribution is 2.28. The molecule has 0 N–H and O–H groups in total. The zero-order chi connectivity index (χ0) is 18.7. The first kappa shape index (κ1) is 19.3. The van der Waals surface area contributed by atoms with E-state index in [1.807, 2.05) is 0 Å². The van der Waals surface area contributed by atoms with E-state index < -0.39 is 6.10 Å². The molecule has 2 atom stereocenters. The molecule has 0 saturated carbocycles. The molecular weight excluding hydrogens is 379 g/mol. The monoisotopic (exact) mass is 400 g/mol. The second-order valence-corrected chi connectivity index (χ2v) is 7.33. The minimum atomic E-state index is -0.672. The molecule has 6 nitrogen and oxygen atoms in total. The zero-order valence-corrected chi connectivity index (χ0v) is 16.1. The molecule has 0 spiro atoms. The molecule has 2 heterocycles. The van der Waals surface area contributed by atoms with Crippen molar-refractivity contribution in [3.8, 4) is 5.75 Å². The van der Waals surface area contributed by atoms with Crippen molar-refractivity contribution in [2.24, 2.45) is 0 Å². The van der Waals surface area contributed by atoms with E-state index in [4.69, 9.17) is 32.7 Å². The molecule has 8 heteroatoms. The van der Waals surface area contributed by atoms with Crippen molar-refractivity contribution in [1.29, 1.82) is 0 Å². The third-order valence-electron chi connectivity index (χ3n) is 4.65. The molecule has 2 amide bonds. The smallest absolute Gasteiger partial charge is 0.263 e. The number of nitrogens with zero attached hydrogens (tertiary/aromatic N) is 2. The molecule has 1 aromatic rings. The van der Waals surface area contributed by atoms with Gasteiger partial charge in [0.15, 0.2) is 6.10 Å². The summed E-state index contributed by atoms with van der Waals surface area (Å²) in [4.78, 5) is 28.5. The van der Waals surface area contributed by atoms with E-state index in [2.05, 4.69) is 0 Å². The molecule has 0 aromatic heterocycles. The van der Waals surface area contributed by atoms with Gasteiger partial charge >= 0.3 is 0 Å². The summed E-state index contributed by atoms with van der Waals surface area (Å²) in [5, 5.41) is 0.873. The molecule has 2 fully saturated rings. The highest BCUT2D eigenvalue weighted by Gasteiger charge is 2.32. The summed E-state index contributed by atoms with van der Waals surface area (Å²) >= 11 is 12.0. The third kappa shape index (κ3) is 4.42. The van der Waals surface area contributed by atoms with Gasteiger partial charge in [0, 0.05) is 37.8 Å². The molecule has 2 saturated heterocycles. The highest BCUT2D eigenvalue weighted by molar-refractivity contribution is 6.35. The van der Waals surface area contributed by atoms with Crippen LogP contribution in [0.4, 0.5) is 0 Å². The van der Waals surface area contributed by atoms with Gasteiger partial charge in [-0.3, -0.25) is 9.59 Å². The molecule has 2 aliphatic heterocycles. The number of amides is 2. The Labute approximate surface area is 162 Å². The Kier molecular flexibility index (Phi) is 6.27. The summed E-state index contributed by atoms with van der Waals surface area (Å²) in [6.45, 7) is 4.34. The van der Waals surface area contributed by atoms with Crippen LogP contribution in [-0.4, -0.2) is 66.6 Å². The van der Waals surface area contributed by atoms with Crippen LogP contribution in [0.15, 0.2) is 18.2 Å². The maximum absolute atomic E-state index is 12.6. The molecule has 0 bridgehead atoms. The van der Waals surface area contributed by atoms with E-state index >= 15 is 0 Å². The van der Waals surface area contributed by atoms with Crippen LogP contribution in [0.1, 0.15) is 19.8 Å². The number of ether oxygens (including phenoxy) is 2. The summed E-state index contributed by atoms with van der Waals surface area (Å²) in [6.07, 6.45) is 0.724. The van der Waals surface area contributed by atoms with Crippen molar-refractivity contribution < 1.29 is 19.1 Å². The van der Waals surface area contributed by atoms with Crippen LogP contribution in [0.5, 0.6) is 5.75 Å². The normalized spacial score (nSPS) is 21.6. The Morgan fingerprint density at radius 3 is 2.50 bits per heavy atom. The first-order valence-corrected chi connectivity index (χ1v) is 9.52. The molecule has 142 valence electrons. The van der Waals surface area contributed by atoms with Crippen molar-refractivity contribution in [3.63, 3.8) is 0 Å². The van der Waals surface area contributed by atoms with Crippen LogP contribution >= 0.6 is 23.2 Å². The van der Waals surface area contributed by atoms with E-state index in [0.717, 1.165) is 12.8 Å². The molecular formula is C18H22Cl2N2O4. The van der Waals surface area contributed by atoms with Crippen molar-refractivity contribution in [2.75, 3.05) is 32.8 Å². The van der Waals surface area contributed by atoms with Gasteiger partial charge in [-0.15, -0.1) is 0 Å². The quantitative estimate of drug-likeness (QED) is 0.779. The van der Waals surface area contributed by atoms with Crippen LogP contribution < -0.4 is 4.74 Å². The van der Waals surface area contributed by atoms with E-state index in [-0.39, 0.29) is 17.9 Å². The van der Waals surface area contributed by atoms with Crippen LogP contribution in [-0.2, 0) is 14.3 Å². The Bertz CT molecular complexity index is 671. The van der Waals surface area contributed by atoms with Gasteiger partial charge in [-0.25, -0.2) is 0 Å². The first-order chi connectivity index (χ1) is 12.5. The molecule has 2 aliphatic rings. The van der Waals surface area contributed by atoms with Crippen LogP contribution in [0.2, 0.25) is 10.0 Å². The fourth-order valence-corrected chi connectivity index (χ4v) is 3.65. The number of hydrogen-bond acceptors (Lipinski definition) is 4. The van der Waals surface area contributed by atoms with Crippen molar-refractivity contribution in [2.45, 2.75) is 32.0 Å². The van der Waals surface area contributed by atoms with Gasteiger partial charge in [0.2, 0.25) is 0 Å². The first-order valence-electron chi connectivity index (χ1n) is 8.76. The summed E-state index contributed by atoms with van der Waals surface area (Å²) in [6, 6.07) is 4.88. The Hall–Kier alpha value is -1.50. The standard InChI is InChI=1S/C18H22Cl2N2O4/c1-12(26-15-5-4-13(19)11-14(15)20)17(23)21-6-8-22(9-7-21)18(24)16-3-2-10-25-16/h4-5,11-12,16H,2-3,6-10H2,1H3. The van der Waals surface area contributed by atoms with Crippen molar-refractivity contribution in [3.05, 3.63) is 28.2 Å². The fourth-order valence-electron chi connectivity index (χ4n) is 3.19. The number of carbonyl (C=O) groups is 2. The van der Waals surface area contributed by atoms with Gasteiger partial charge in [-0.1, -0.05) is 23.2 Å². The molecule has 3 rings (SSSR count). The van der Waals surface area contributed by atoms with Crippen LogP contribution in [0, 0.1) is 0 Å². The minimum Gasteiger partial charge on any atom is -0.479 e. The maximum Gasteiger partial charge on any atom is 0.263 e. The van der Waals surface area contributed by atoms with E-state index in [1.54, 1.807) is 34.9 Å². The maximum atomic E-state index is 12.6. The predicted molar refractivity (Wildman–Crippen MR) is 98.7 cm³/mol. The Balaban J connectivity index is 1.51. The van der Waals surface area contributed by atoms with Gasteiger partial charge in [0.25, 0.3) is 11.8 Å². The zero-order valence-electron chi connectivity index (χ0n) is 14.6. The van der Waals surface area contributed by atoms with E-state index in [9.17, 15) is 9.59 Å². The number of rotatable bonds is 4. The van der Waals surface area contributed by atoms with Gasteiger partial charge in [0.05, 0.1) is 5.02 Å². The lowest BCUT2D eigenvalue weighted by Crippen LogP contribution is -2.54. The molecule has 1 aromatic carbocycles. The second-order valence-electron chi connectivity index (χ2n) is 6.49. The topological polar surface area (TPSA) is 59.1 Å². The summed E-state index contributed by atoms with van der Waals surface area (Å²) < 4.78 is 11.1. The fraction of sp³-hybridized carbons (Fsp3) is 0.556. The minimum absolute atomic E-state index is 0.0341. The van der Waals surface area contributed by atoms with Gasteiger partial charge < -0.3 is 19.3 Å². The van der Waals surface area contributed by atoms with Crippen molar-refractivity contribution in [1.82, 2.24) is 9.80 Å². The number of carbonyl (C=O) groups excluding carboxylic acids is 2. The number of hydrogen-bond donors (Lipinski definition) is 0. The summed E-state index contributed by atoms with van der Waals surface area (Å²) in [7, 11) is 0. The Morgan fingerprint density at radius 1 is 1.19 bits per heavy atom. The lowest BCUT2D eigenvalue weighted by atomic mass is 10.2. The lowest BCUT2D eigenvalue weighted by molar-refractivity contribution is -0.148. The number of halogens is 2. The highest BCUT2D eigenvalue weighted by atomic mass is 35.5. The van der Waals surface area contributed by atoms with E-state index in [0.29, 0.717) is 48.6 Å². The Morgan fingerprint density at radius 2 is 1.88 bits per heavy atom. The van der Waals surface area contributed by atoms with Gasteiger partial charge in [-0.2, -0.15) is 0 Å². The number of piperazine rings is 1. The second kappa shape index (κ2) is 8.46. The SMILES string of the molecule is CC(Oc1ccc(Cl)cc1Cl)C(=O)N1CCN(C(=O)C2CCCO2)CC1. The van der Waals surface area contributed by atoms with Gasteiger partial charge in [-0.05, 0) is 38.0 Å². The van der Waals surface area contributed by atoms with Crippen LogP contribution in [0.25, 0.3) is 0 Å². The van der Waals surface area contributed by atoms with Crippen LogP contribution in [0.3, 0.4) is 0 Å². The summed E-state index contributed by atoms with van der Waals surface area (Å²) in [5.74, 6) is 0.330. The van der Waals surface area contributed by atoms with Gasteiger partial charge in [0.1, 0.15) is 11.9 Å². The van der Waals surface area contributed by atoms with E-state index in [1.165, 1.54) is 0 Å². The average Bonchev–Trinajstić information content (AvgIpc) is 3.17. The number of benzene rings is 1. The largest absolute Gasteiger partial charge is 0.479 e. The third-order valence-corrected chi connectivity index (χ3v) is 5.18. The predicted octanol–water partition coefficient (Wildman–Crippen LogP) is 2.61. The molecule has 26 heavy (non-hydrogen) atoms. The molecule has 2 unspecified atom stereocenters.